The minimum atomic E-state index is -1.25. The molecule has 0 spiro atoms. The van der Waals surface area contributed by atoms with Gasteiger partial charge in [-0.05, 0) is 106 Å². The summed E-state index contributed by atoms with van der Waals surface area (Å²) >= 11 is 0. The molecule has 0 saturated carbocycles. The van der Waals surface area contributed by atoms with Crippen molar-refractivity contribution in [2.75, 3.05) is 0 Å². The number of carboxylic acids is 2. The molecule has 7 aromatic carbocycles. The number of para-hydroxylation sites is 2. The molecule has 2 heterocycles. The molecule has 2 N–H and O–H groups in total. The van der Waals surface area contributed by atoms with E-state index in [0.717, 1.165) is 77.2 Å². The van der Waals surface area contributed by atoms with Crippen LogP contribution < -0.4 is 0 Å². The van der Waals surface area contributed by atoms with E-state index in [9.17, 15) is 25.1 Å². The Hall–Kier alpha value is -8.46. The number of aromatic nitrogens is 2. The summed E-state index contributed by atoms with van der Waals surface area (Å²) in [5, 5.41) is 32.2. The highest BCUT2D eigenvalue weighted by atomic mass is 16.4. The van der Waals surface area contributed by atoms with Gasteiger partial charge in [-0.3, -0.25) is 4.79 Å². The van der Waals surface area contributed by atoms with Gasteiger partial charge in [0.15, 0.2) is 0 Å². The third kappa shape index (κ3) is 6.14. The minimum Gasteiger partial charge on any atom is -0.486 e. The smallest absolute Gasteiger partial charge is 0.346 e. The molecule has 9 rings (SSSR count). The Morgan fingerprint density at radius 1 is 0.517 bits per heavy atom. The fourth-order valence-electron chi connectivity index (χ4n) is 7.76. The number of carboxylic acid groups (broad SMARTS) is 2. The van der Waals surface area contributed by atoms with Crippen molar-refractivity contribution in [1.29, 1.82) is 5.26 Å². The lowest BCUT2D eigenvalue weighted by Gasteiger charge is -2.10. The first-order valence-electron chi connectivity index (χ1n) is 18.4. The molecule has 8 heteroatoms. The molecule has 0 aliphatic rings. The lowest BCUT2D eigenvalue weighted by atomic mass is 9.98. The largest absolute Gasteiger partial charge is 0.486 e. The Morgan fingerprint density at radius 3 is 1.34 bits per heavy atom. The summed E-state index contributed by atoms with van der Waals surface area (Å²) in [6, 6.07) is 55.0. The van der Waals surface area contributed by atoms with E-state index in [1.54, 1.807) is 6.07 Å². The third-order valence-electron chi connectivity index (χ3n) is 10.5. The van der Waals surface area contributed by atoms with E-state index in [1.807, 2.05) is 72.8 Å². The van der Waals surface area contributed by atoms with Gasteiger partial charge in [-0.15, -0.1) is 0 Å². The van der Waals surface area contributed by atoms with E-state index in [0.29, 0.717) is 11.1 Å². The van der Waals surface area contributed by atoms with E-state index in [1.165, 1.54) is 12.2 Å². The minimum absolute atomic E-state index is 0.316. The predicted octanol–water partition coefficient (Wildman–Crippen LogP) is 11.6. The number of fused-ring (bicyclic) bond motifs is 6. The molecule has 8 nitrogen and oxygen atoms in total. The van der Waals surface area contributed by atoms with Gasteiger partial charge in [0.05, 0.1) is 28.6 Å². The number of aliphatic carboxylic acids is 2. The van der Waals surface area contributed by atoms with Crippen LogP contribution in [-0.2, 0) is 9.59 Å². The summed E-state index contributed by atoms with van der Waals surface area (Å²) in [4.78, 5) is 25.8. The van der Waals surface area contributed by atoms with Crippen molar-refractivity contribution < 1.29 is 19.8 Å². The molecule has 0 aliphatic heterocycles. The molecule has 58 heavy (non-hydrogen) atoms. The van der Waals surface area contributed by atoms with Crippen LogP contribution in [0.2, 0.25) is 0 Å². The molecule has 9 aromatic rings. The number of carbonyl (C=O) groups is 2. The zero-order chi connectivity index (χ0) is 39.9. The number of nitriles is 1. The van der Waals surface area contributed by atoms with E-state index in [-0.39, 0.29) is 11.3 Å². The van der Waals surface area contributed by atoms with E-state index < -0.39 is 11.9 Å². The van der Waals surface area contributed by atoms with Crippen LogP contribution in [0.25, 0.3) is 94.2 Å². The molecule has 0 fully saturated rings. The summed E-state index contributed by atoms with van der Waals surface area (Å²) in [5.41, 5.74) is 11.0. The molecule has 0 radical (unpaired) electrons. The van der Waals surface area contributed by atoms with Crippen LogP contribution in [0.3, 0.4) is 0 Å². The zero-order valence-electron chi connectivity index (χ0n) is 30.7. The van der Waals surface area contributed by atoms with E-state index in [4.69, 9.17) is 6.57 Å². The van der Waals surface area contributed by atoms with Crippen LogP contribution in [0, 0.1) is 17.9 Å². The predicted molar refractivity (Wildman–Crippen MR) is 229 cm³/mol. The first-order valence-corrected chi connectivity index (χ1v) is 18.4. The standard InChI is InChI=1S/C50H30N4O4/c1-52-44(50(57)58)27-32-12-22-39(23-13-32)54-46-9-5-3-7-41(46)43-29-36(19-25-48(43)54)34-16-14-33(15-17-34)35-18-24-47-42(28-35)40-6-2-4-8-45(40)53(47)38-20-10-31(11-21-38)26-37(30-51)49(55)56/h2-29H,(H,55,56)(H,57,58)/b37-26+,44-27-. The van der Waals surface area contributed by atoms with Crippen LogP contribution in [0.5, 0.6) is 0 Å². The molecule has 2 aromatic heterocycles. The lowest BCUT2D eigenvalue weighted by Crippen LogP contribution is -1.97. The van der Waals surface area contributed by atoms with Crippen molar-refractivity contribution in [3.63, 3.8) is 0 Å². The molecule has 0 saturated heterocycles. The van der Waals surface area contributed by atoms with Crippen molar-refractivity contribution >= 4 is 67.7 Å². The van der Waals surface area contributed by atoms with Gasteiger partial charge in [0.25, 0.3) is 5.70 Å². The van der Waals surface area contributed by atoms with Crippen molar-refractivity contribution in [1.82, 2.24) is 9.13 Å². The Bertz CT molecular complexity index is 3060. The highest BCUT2D eigenvalue weighted by Crippen LogP contribution is 2.38. The second-order valence-electron chi connectivity index (χ2n) is 13.9. The second-order valence-corrected chi connectivity index (χ2v) is 13.9. The summed E-state index contributed by atoms with van der Waals surface area (Å²) < 4.78 is 4.40. The molecular weight excluding hydrogens is 721 g/mol. The van der Waals surface area contributed by atoms with Crippen molar-refractivity contribution in [3.8, 4) is 39.7 Å². The van der Waals surface area contributed by atoms with Gasteiger partial charge < -0.3 is 19.3 Å². The summed E-state index contributed by atoms with van der Waals surface area (Å²) in [7, 11) is 0. The Labute approximate surface area is 332 Å². The maximum atomic E-state index is 11.4. The van der Waals surface area contributed by atoms with Crippen LogP contribution in [0.15, 0.2) is 169 Å². The maximum Gasteiger partial charge on any atom is 0.346 e. The van der Waals surface area contributed by atoms with Gasteiger partial charge in [0.2, 0.25) is 0 Å². The average Bonchev–Trinajstić information content (AvgIpc) is 3.77. The number of hydrogen-bond acceptors (Lipinski definition) is 3. The van der Waals surface area contributed by atoms with Crippen LogP contribution in [0.4, 0.5) is 0 Å². The summed E-state index contributed by atoms with van der Waals surface area (Å²) in [6.07, 6.45) is 2.75. The Kier molecular flexibility index (Phi) is 8.70. The zero-order valence-corrected chi connectivity index (χ0v) is 30.7. The second kappa shape index (κ2) is 14.3. The molecule has 0 aliphatic carbocycles. The molecule has 274 valence electrons. The normalized spacial score (nSPS) is 11.9. The number of hydrogen-bond donors (Lipinski definition) is 2. The fraction of sp³-hybridized carbons (Fsp3) is 0. The average molecular weight is 751 g/mol. The highest BCUT2D eigenvalue weighted by Gasteiger charge is 2.16. The number of nitrogens with zero attached hydrogens (tertiary/aromatic N) is 4. The van der Waals surface area contributed by atoms with Crippen molar-refractivity contribution in [2.45, 2.75) is 0 Å². The number of rotatable bonds is 8. The van der Waals surface area contributed by atoms with Gasteiger partial charge in [-0.1, -0.05) is 97.1 Å². The highest BCUT2D eigenvalue weighted by molar-refractivity contribution is 6.12. The van der Waals surface area contributed by atoms with Gasteiger partial charge >= 0.3 is 11.9 Å². The molecule has 0 atom stereocenters. The summed E-state index contributed by atoms with van der Waals surface area (Å²) in [5.74, 6) is -2.50. The first kappa shape index (κ1) is 35.3. The van der Waals surface area contributed by atoms with E-state index in [2.05, 4.69) is 98.9 Å². The molecule has 0 unspecified atom stereocenters. The van der Waals surface area contributed by atoms with Crippen LogP contribution in [-0.4, -0.2) is 31.3 Å². The van der Waals surface area contributed by atoms with Crippen LogP contribution in [0.1, 0.15) is 11.1 Å². The molecular formula is C50H30N4O4. The van der Waals surface area contributed by atoms with Gasteiger partial charge in [0, 0.05) is 32.9 Å². The Balaban J connectivity index is 1.05. The summed E-state index contributed by atoms with van der Waals surface area (Å²) in [6.45, 7) is 7.16. The Morgan fingerprint density at radius 2 is 0.931 bits per heavy atom. The SMILES string of the molecule is [C-]#[N+]/C(=C\c1ccc(-n2c3ccccc3c3cc(-c4ccc(-c5ccc6c(c5)c5ccccc5n6-c5ccc(/C=C(\C#N)C(=O)O)cc5)cc4)ccc32)cc1)C(=O)O. The van der Waals surface area contributed by atoms with Gasteiger partial charge in [-0.2, -0.15) is 5.26 Å². The number of benzene rings is 7. The monoisotopic (exact) mass is 750 g/mol. The van der Waals surface area contributed by atoms with Crippen molar-refractivity contribution in [3.05, 3.63) is 192 Å². The fourth-order valence-corrected chi connectivity index (χ4v) is 7.76. The lowest BCUT2D eigenvalue weighted by molar-refractivity contribution is -0.133. The van der Waals surface area contributed by atoms with Gasteiger partial charge in [-0.25, -0.2) is 9.64 Å². The van der Waals surface area contributed by atoms with Crippen LogP contribution >= 0.6 is 0 Å². The first-order chi connectivity index (χ1) is 28.3. The van der Waals surface area contributed by atoms with E-state index >= 15 is 0 Å². The van der Waals surface area contributed by atoms with Crippen molar-refractivity contribution in [2.24, 2.45) is 0 Å². The molecule has 0 bridgehead atoms. The van der Waals surface area contributed by atoms with Gasteiger partial charge in [0.1, 0.15) is 11.6 Å². The topological polar surface area (TPSA) is 113 Å². The third-order valence-corrected chi connectivity index (χ3v) is 10.5. The molecule has 0 amide bonds. The maximum absolute atomic E-state index is 11.4. The quantitative estimate of drug-likeness (QED) is 0.0912.